The van der Waals surface area contributed by atoms with Gasteiger partial charge in [0.1, 0.15) is 0 Å². The molecule has 10 heavy (non-hydrogen) atoms. The maximum absolute atomic E-state index is 9.27. The van der Waals surface area contributed by atoms with Gasteiger partial charge in [-0.2, -0.15) is 0 Å². The van der Waals surface area contributed by atoms with Gasteiger partial charge in [-0.3, -0.25) is 0 Å². The van der Waals surface area contributed by atoms with E-state index in [1.807, 2.05) is 6.92 Å². The molecule has 58 valence electrons. The summed E-state index contributed by atoms with van der Waals surface area (Å²) in [5.41, 5.74) is 0.910. The minimum Gasteiger partial charge on any atom is -0.390 e. The van der Waals surface area contributed by atoms with E-state index in [2.05, 4.69) is 17.2 Å². The lowest BCUT2D eigenvalue weighted by atomic mass is 10.2. The van der Waals surface area contributed by atoms with Crippen molar-refractivity contribution < 1.29 is 5.11 Å². The Morgan fingerprint density at radius 3 is 2.80 bits per heavy atom. The highest BCUT2D eigenvalue weighted by molar-refractivity contribution is 4.95. The smallest absolute Gasteiger partial charge is 0.0877 e. The molecule has 0 saturated carbocycles. The second-order valence-electron chi connectivity index (χ2n) is 2.76. The fourth-order valence-electron chi connectivity index (χ4n) is 1.13. The molecule has 3 nitrogen and oxygen atoms in total. The second kappa shape index (κ2) is 3.03. The van der Waals surface area contributed by atoms with Crippen LogP contribution in [0.25, 0.3) is 0 Å². The summed E-state index contributed by atoms with van der Waals surface area (Å²) < 4.78 is 0. The van der Waals surface area contributed by atoms with E-state index in [1.165, 1.54) is 0 Å². The number of nitrogens with one attached hydrogen (secondary N) is 2. The maximum Gasteiger partial charge on any atom is 0.0877 e. The molecule has 1 aliphatic heterocycles. The molecule has 0 amide bonds. The van der Waals surface area contributed by atoms with Crippen molar-refractivity contribution in [2.75, 3.05) is 13.1 Å². The van der Waals surface area contributed by atoms with E-state index in [-0.39, 0.29) is 12.1 Å². The largest absolute Gasteiger partial charge is 0.390 e. The second-order valence-corrected chi connectivity index (χ2v) is 2.76. The molecule has 3 N–H and O–H groups in total. The predicted molar refractivity (Wildman–Crippen MR) is 40.6 cm³/mol. The van der Waals surface area contributed by atoms with Crippen LogP contribution in [-0.4, -0.2) is 30.3 Å². The number of allylic oxidation sites excluding steroid dienone is 1. The van der Waals surface area contributed by atoms with Crippen molar-refractivity contribution in [3.05, 3.63) is 12.3 Å². The Labute approximate surface area is 61.1 Å². The monoisotopic (exact) mass is 142 g/mol. The zero-order valence-electron chi connectivity index (χ0n) is 6.22. The van der Waals surface area contributed by atoms with Crippen LogP contribution in [0.15, 0.2) is 12.3 Å². The van der Waals surface area contributed by atoms with Crippen LogP contribution in [0.2, 0.25) is 0 Å². The molecule has 0 aromatic rings. The molecule has 0 unspecified atom stereocenters. The summed E-state index contributed by atoms with van der Waals surface area (Å²) in [6.45, 7) is 7.11. The summed E-state index contributed by atoms with van der Waals surface area (Å²) in [5.74, 6) is 0. The van der Waals surface area contributed by atoms with Gasteiger partial charge in [0.15, 0.2) is 0 Å². The van der Waals surface area contributed by atoms with E-state index in [1.54, 1.807) is 0 Å². The summed E-state index contributed by atoms with van der Waals surface area (Å²) in [7, 11) is 0. The van der Waals surface area contributed by atoms with Crippen molar-refractivity contribution in [2.45, 2.75) is 19.1 Å². The number of aliphatic hydroxyl groups excluding tert-OH is 1. The minimum absolute atomic E-state index is 0.150. The molecule has 1 rings (SSSR count). The van der Waals surface area contributed by atoms with Gasteiger partial charge in [-0.1, -0.05) is 6.58 Å². The molecule has 0 aromatic heterocycles. The third-order valence-electron chi connectivity index (χ3n) is 1.61. The van der Waals surface area contributed by atoms with Crippen LogP contribution >= 0.6 is 0 Å². The van der Waals surface area contributed by atoms with Crippen molar-refractivity contribution in [2.24, 2.45) is 0 Å². The molecule has 0 aromatic carbocycles. The molecule has 1 aliphatic rings. The van der Waals surface area contributed by atoms with E-state index in [4.69, 9.17) is 0 Å². The van der Waals surface area contributed by atoms with Crippen LogP contribution in [0.4, 0.5) is 0 Å². The van der Waals surface area contributed by atoms with Gasteiger partial charge in [0.2, 0.25) is 0 Å². The summed E-state index contributed by atoms with van der Waals surface area (Å²) in [6.07, 6.45) is -0.267. The van der Waals surface area contributed by atoms with Gasteiger partial charge in [0.25, 0.3) is 0 Å². The number of β-amino-alcohol motifs (C(OH)–C–C–N with tert-alkyl or cyclic N) is 1. The Hall–Kier alpha value is -0.540. The highest BCUT2D eigenvalue weighted by Crippen LogP contribution is 2.00. The van der Waals surface area contributed by atoms with Gasteiger partial charge in [0.05, 0.1) is 12.1 Å². The van der Waals surface area contributed by atoms with Crippen LogP contribution in [0.3, 0.4) is 0 Å². The molecule has 3 heteroatoms. The lowest BCUT2D eigenvalue weighted by Crippen LogP contribution is -2.37. The van der Waals surface area contributed by atoms with Crippen LogP contribution < -0.4 is 10.6 Å². The molecule has 1 saturated heterocycles. The summed E-state index contributed by atoms with van der Waals surface area (Å²) in [6, 6.07) is 0.150. The molecule has 1 heterocycles. The number of rotatable bonds is 2. The van der Waals surface area contributed by atoms with Crippen molar-refractivity contribution in [3.8, 4) is 0 Å². The molecule has 0 aliphatic carbocycles. The predicted octanol–water partition coefficient (Wildman–Crippen LogP) is -0.558. The third-order valence-corrected chi connectivity index (χ3v) is 1.61. The first-order chi connectivity index (χ1) is 4.70. The SMILES string of the molecule is C=C(C)N[C@H]1CNC[C@@H]1O. The van der Waals surface area contributed by atoms with Gasteiger partial charge in [0, 0.05) is 18.8 Å². The molecule has 0 radical (unpaired) electrons. The number of hydrogen-bond acceptors (Lipinski definition) is 3. The van der Waals surface area contributed by atoms with Gasteiger partial charge in [-0.15, -0.1) is 0 Å². The first kappa shape index (κ1) is 7.57. The molecule has 1 fully saturated rings. The average molecular weight is 142 g/mol. The zero-order chi connectivity index (χ0) is 7.56. The average Bonchev–Trinajstić information content (AvgIpc) is 2.15. The van der Waals surface area contributed by atoms with Gasteiger partial charge < -0.3 is 15.7 Å². The lowest BCUT2D eigenvalue weighted by Gasteiger charge is -2.15. The first-order valence-corrected chi connectivity index (χ1v) is 3.51. The molecular formula is C7H14N2O. The van der Waals surface area contributed by atoms with Crippen LogP contribution in [0, 0.1) is 0 Å². The normalized spacial score (nSPS) is 32.2. The van der Waals surface area contributed by atoms with Crippen LogP contribution in [0.1, 0.15) is 6.92 Å². The zero-order valence-corrected chi connectivity index (χ0v) is 6.22. The fraction of sp³-hybridized carbons (Fsp3) is 0.714. The Bertz CT molecular complexity index is 136. The standard InChI is InChI=1S/C7H14N2O/c1-5(2)9-6-3-8-4-7(6)10/h6-10H,1,3-4H2,2H3/t6-,7-/m0/s1. The highest BCUT2D eigenvalue weighted by atomic mass is 16.3. The maximum atomic E-state index is 9.27. The van der Waals surface area contributed by atoms with Crippen molar-refractivity contribution in [1.82, 2.24) is 10.6 Å². The van der Waals surface area contributed by atoms with Gasteiger partial charge in [-0.25, -0.2) is 0 Å². The Balaban J connectivity index is 2.33. The Morgan fingerprint density at radius 1 is 1.70 bits per heavy atom. The van der Waals surface area contributed by atoms with E-state index in [0.717, 1.165) is 12.2 Å². The van der Waals surface area contributed by atoms with Crippen LogP contribution in [0.5, 0.6) is 0 Å². The van der Waals surface area contributed by atoms with Gasteiger partial charge >= 0.3 is 0 Å². The Kier molecular flexibility index (Phi) is 2.29. The molecular weight excluding hydrogens is 128 g/mol. The van der Waals surface area contributed by atoms with Crippen molar-refractivity contribution in [1.29, 1.82) is 0 Å². The molecule has 0 bridgehead atoms. The number of aliphatic hydroxyl groups is 1. The van der Waals surface area contributed by atoms with E-state index in [9.17, 15) is 5.11 Å². The topological polar surface area (TPSA) is 44.3 Å². The first-order valence-electron chi connectivity index (χ1n) is 3.51. The number of hydrogen-bond donors (Lipinski definition) is 3. The lowest BCUT2D eigenvalue weighted by molar-refractivity contribution is 0.168. The quantitative estimate of drug-likeness (QED) is 0.484. The van der Waals surface area contributed by atoms with Crippen molar-refractivity contribution >= 4 is 0 Å². The van der Waals surface area contributed by atoms with E-state index < -0.39 is 0 Å². The minimum atomic E-state index is -0.267. The molecule has 0 spiro atoms. The molecule has 2 atom stereocenters. The summed E-state index contributed by atoms with van der Waals surface area (Å²) in [5, 5.41) is 15.4. The van der Waals surface area contributed by atoms with Crippen molar-refractivity contribution in [3.63, 3.8) is 0 Å². The summed E-state index contributed by atoms with van der Waals surface area (Å²) in [4.78, 5) is 0. The Morgan fingerprint density at radius 2 is 2.40 bits per heavy atom. The van der Waals surface area contributed by atoms with Crippen LogP contribution in [-0.2, 0) is 0 Å². The fourth-order valence-corrected chi connectivity index (χ4v) is 1.13. The van der Waals surface area contributed by atoms with E-state index in [0.29, 0.717) is 6.54 Å². The summed E-state index contributed by atoms with van der Waals surface area (Å²) >= 11 is 0. The highest BCUT2D eigenvalue weighted by Gasteiger charge is 2.23. The van der Waals surface area contributed by atoms with E-state index >= 15 is 0 Å². The van der Waals surface area contributed by atoms with Gasteiger partial charge in [-0.05, 0) is 6.92 Å². The third kappa shape index (κ3) is 1.72.